The second kappa shape index (κ2) is 9.15. The van der Waals surface area contributed by atoms with Gasteiger partial charge in [0.1, 0.15) is 0 Å². The smallest absolute Gasteiger partial charge is 0.240 e. The summed E-state index contributed by atoms with van der Waals surface area (Å²) in [7, 11) is 0. The molecule has 160 valence electrons. The summed E-state index contributed by atoms with van der Waals surface area (Å²) in [6.07, 6.45) is 9.00. The number of carbonyl (C=O) groups is 2. The summed E-state index contributed by atoms with van der Waals surface area (Å²) in [5.74, 6) is 1.13. The molecule has 2 amide bonds. The molecule has 2 atom stereocenters. The van der Waals surface area contributed by atoms with Crippen LogP contribution in [0, 0.1) is 11.3 Å². The van der Waals surface area contributed by atoms with Crippen LogP contribution in [-0.4, -0.2) is 71.3 Å². The number of likely N-dealkylation sites (tertiary alicyclic amines) is 1. The number of amides is 2. The zero-order valence-corrected chi connectivity index (χ0v) is 18.6. The van der Waals surface area contributed by atoms with Gasteiger partial charge in [0.2, 0.25) is 11.8 Å². The molecule has 0 radical (unpaired) electrons. The summed E-state index contributed by atoms with van der Waals surface area (Å²) in [4.78, 5) is 32.8. The molecule has 5 heteroatoms. The van der Waals surface area contributed by atoms with Crippen LogP contribution in [0.5, 0.6) is 0 Å². The molecular formula is C23H41N3O2. The van der Waals surface area contributed by atoms with E-state index in [1.807, 2.05) is 4.90 Å². The molecule has 28 heavy (non-hydrogen) atoms. The number of piperidine rings is 1. The van der Waals surface area contributed by atoms with Crippen LogP contribution in [-0.2, 0) is 9.59 Å². The maximum atomic E-state index is 13.6. The summed E-state index contributed by atoms with van der Waals surface area (Å²) in [6.45, 7) is 12.7. The molecule has 2 saturated heterocycles. The van der Waals surface area contributed by atoms with Gasteiger partial charge in [-0.25, -0.2) is 0 Å². The first-order valence-corrected chi connectivity index (χ1v) is 11.6. The fraction of sp³-hybridized carbons (Fsp3) is 0.913. The van der Waals surface area contributed by atoms with E-state index < -0.39 is 0 Å². The Labute approximate surface area is 171 Å². The lowest BCUT2D eigenvalue weighted by molar-refractivity contribution is -0.144. The number of hydrogen-bond acceptors (Lipinski definition) is 3. The molecule has 0 aromatic rings. The van der Waals surface area contributed by atoms with Gasteiger partial charge in [-0.05, 0) is 50.4 Å². The van der Waals surface area contributed by atoms with E-state index in [1.54, 1.807) is 0 Å². The fourth-order valence-corrected chi connectivity index (χ4v) is 5.34. The second-order valence-corrected chi connectivity index (χ2v) is 10.5. The first kappa shape index (κ1) is 21.6. The second-order valence-electron chi connectivity index (χ2n) is 10.5. The predicted molar refractivity (Wildman–Crippen MR) is 113 cm³/mol. The molecule has 0 unspecified atom stereocenters. The monoisotopic (exact) mass is 391 g/mol. The van der Waals surface area contributed by atoms with Crippen LogP contribution in [0.15, 0.2) is 0 Å². The van der Waals surface area contributed by atoms with Crippen molar-refractivity contribution in [3.63, 3.8) is 0 Å². The van der Waals surface area contributed by atoms with E-state index in [4.69, 9.17) is 0 Å². The van der Waals surface area contributed by atoms with Crippen LogP contribution in [0.3, 0.4) is 0 Å². The Hall–Kier alpha value is -1.10. The molecule has 0 aromatic carbocycles. The number of hydrogen-bond donors (Lipinski definition) is 0. The highest BCUT2D eigenvalue weighted by atomic mass is 16.2. The van der Waals surface area contributed by atoms with Crippen molar-refractivity contribution < 1.29 is 9.59 Å². The third-order valence-electron chi connectivity index (χ3n) is 6.93. The van der Waals surface area contributed by atoms with Crippen LogP contribution in [0.25, 0.3) is 0 Å². The quantitative estimate of drug-likeness (QED) is 0.736. The summed E-state index contributed by atoms with van der Waals surface area (Å²) in [5.41, 5.74) is 0.0287. The molecule has 3 rings (SSSR count). The molecule has 0 aromatic heterocycles. The van der Waals surface area contributed by atoms with Crippen LogP contribution in [0.4, 0.5) is 0 Å². The van der Waals surface area contributed by atoms with Gasteiger partial charge in [0.15, 0.2) is 0 Å². The number of rotatable bonds is 4. The summed E-state index contributed by atoms with van der Waals surface area (Å²) in [6, 6.07) is 0.405. The third kappa shape index (κ3) is 5.28. The minimum atomic E-state index is 0.0287. The van der Waals surface area contributed by atoms with Crippen molar-refractivity contribution in [2.24, 2.45) is 11.3 Å². The standard InChI is InChI=1S/C23H41N3O2/c1-18-9-7-8-12-26(18)22(28)21(19-10-5-6-11-19)25-15-13-24(14-16-25)20(27)17-23(2,3)4/h18-19,21H,5-17H2,1-4H3/t18-,21+/m0/s1. The van der Waals surface area contributed by atoms with Crippen molar-refractivity contribution in [2.75, 3.05) is 32.7 Å². The number of carbonyl (C=O) groups excluding carboxylic acids is 2. The van der Waals surface area contributed by atoms with Crippen LogP contribution in [0.2, 0.25) is 0 Å². The van der Waals surface area contributed by atoms with Gasteiger partial charge < -0.3 is 9.80 Å². The van der Waals surface area contributed by atoms with Gasteiger partial charge in [-0.3, -0.25) is 14.5 Å². The van der Waals surface area contributed by atoms with Gasteiger partial charge >= 0.3 is 0 Å². The molecule has 5 nitrogen and oxygen atoms in total. The minimum Gasteiger partial charge on any atom is -0.340 e. The van der Waals surface area contributed by atoms with Crippen LogP contribution < -0.4 is 0 Å². The van der Waals surface area contributed by atoms with Gasteiger partial charge in [0.05, 0.1) is 6.04 Å². The average Bonchev–Trinajstić information content (AvgIpc) is 3.15. The fourth-order valence-electron chi connectivity index (χ4n) is 5.34. The third-order valence-corrected chi connectivity index (χ3v) is 6.93. The first-order valence-electron chi connectivity index (χ1n) is 11.6. The van der Waals surface area contributed by atoms with Crippen molar-refractivity contribution in [3.8, 4) is 0 Å². The largest absolute Gasteiger partial charge is 0.340 e. The van der Waals surface area contributed by atoms with Crippen LogP contribution in [0.1, 0.15) is 79.1 Å². The Morgan fingerprint density at radius 2 is 1.50 bits per heavy atom. The zero-order chi connectivity index (χ0) is 20.3. The Morgan fingerprint density at radius 1 is 0.893 bits per heavy atom. The molecule has 2 heterocycles. The molecule has 1 aliphatic carbocycles. The van der Waals surface area contributed by atoms with Gasteiger partial charge in [-0.2, -0.15) is 0 Å². The van der Waals surface area contributed by atoms with Crippen molar-refractivity contribution >= 4 is 11.8 Å². The molecular weight excluding hydrogens is 350 g/mol. The van der Waals surface area contributed by atoms with E-state index in [0.717, 1.165) is 45.6 Å². The van der Waals surface area contributed by atoms with E-state index in [1.165, 1.54) is 32.1 Å². The zero-order valence-electron chi connectivity index (χ0n) is 18.6. The van der Waals surface area contributed by atoms with Crippen molar-refractivity contribution in [1.29, 1.82) is 0 Å². The molecule has 1 saturated carbocycles. The maximum Gasteiger partial charge on any atom is 0.240 e. The molecule has 0 spiro atoms. The van der Waals surface area contributed by atoms with Crippen molar-refractivity contribution in [3.05, 3.63) is 0 Å². The Balaban J connectivity index is 1.65. The summed E-state index contributed by atoms with van der Waals surface area (Å²) in [5, 5.41) is 0. The molecule has 3 fully saturated rings. The lowest BCUT2D eigenvalue weighted by Gasteiger charge is -2.44. The van der Waals surface area contributed by atoms with Crippen LogP contribution >= 0.6 is 0 Å². The molecule has 0 bridgehead atoms. The Morgan fingerprint density at radius 3 is 2.07 bits per heavy atom. The number of piperazine rings is 1. The topological polar surface area (TPSA) is 43.9 Å². The number of nitrogens with zero attached hydrogens (tertiary/aromatic N) is 3. The molecule has 0 N–H and O–H groups in total. The predicted octanol–water partition coefficient (Wildman–Crippen LogP) is 3.53. The van der Waals surface area contributed by atoms with Gasteiger partial charge in [-0.1, -0.05) is 33.6 Å². The highest BCUT2D eigenvalue weighted by Crippen LogP contribution is 2.33. The summed E-state index contributed by atoms with van der Waals surface area (Å²) < 4.78 is 0. The SMILES string of the molecule is C[C@H]1CCCCN1C(=O)[C@@H](C1CCCC1)N1CCN(C(=O)CC(C)(C)C)CC1. The Kier molecular flexibility index (Phi) is 7.06. The van der Waals surface area contributed by atoms with Gasteiger partial charge in [0.25, 0.3) is 0 Å². The molecule has 3 aliphatic rings. The maximum absolute atomic E-state index is 13.6. The normalized spacial score (nSPS) is 26.5. The summed E-state index contributed by atoms with van der Waals surface area (Å²) >= 11 is 0. The lowest BCUT2D eigenvalue weighted by Crippen LogP contribution is -2.60. The highest BCUT2D eigenvalue weighted by molar-refractivity contribution is 5.83. The average molecular weight is 392 g/mol. The highest BCUT2D eigenvalue weighted by Gasteiger charge is 2.40. The van der Waals surface area contributed by atoms with E-state index in [2.05, 4.69) is 37.5 Å². The minimum absolute atomic E-state index is 0.0287. The van der Waals surface area contributed by atoms with E-state index >= 15 is 0 Å². The van der Waals surface area contributed by atoms with E-state index in [0.29, 0.717) is 24.3 Å². The Bertz CT molecular complexity index is 543. The van der Waals surface area contributed by atoms with Gasteiger partial charge in [0, 0.05) is 45.2 Å². The van der Waals surface area contributed by atoms with Crippen molar-refractivity contribution in [1.82, 2.24) is 14.7 Å². The lowest BCUT2D eigenvalue weighted by atomic mass is 9.91. The molecule has 2 aliphatic heterocycles. The van der Waals surface area contributed by atoms with E-state index in [-0.39, 0.29) is 17.4 Å². The van der Waals surface area contributed by atoms with Gasteiger partial charge in [-0.15, -0.1) is 0 Å². The van der Waals surface area contributed by atoms with E-state index in [9.17, 15) is 9.59 Å². The van der Waals surface area contributed by atoms with Crippen molar-refractivity contribution in [2.45, 2.75) is 91.1 Å². The first-order chi connectivity index (χ1) is 13.3.